The van der Waals surface area contributed by atoms with Gasteiger partial charge in [-0.3, -0.25) is 0 Å². The molecule has 0 atom stereocenters. The summed E-state index contributed by atoms with van der Waals surface area (Å²) in [7, 11) is 0. The molecule has 1 heterocycles. The van der Waals surface area contributed by atoms with E-state index in [0.29, 0.717) is 16.7 Å². The Hall–Kier alpha value is -2.88. The molecule has 0 saturated heterocycles. The summed E-state index contributed by atoms with van der Waals surface area (Å²) in [6.45, 7) is 1.85. The average Bonchev–Trinajstić information content (AvgIpc) is 2.53. The molecule has 3 rings (SSSR count). The zero-order chi connectivity index (χ0) is 14.7. The molecule has 1 aromatic heterocycles. The van der Waals surface area contributed by atoms with Crippen molar-refractivity contribution in [3.8, 4) is 5.75 Å². The molecular formula is C17H13NO3. The lowest BCUT2D eigenvalue weighted by Crippen LogP contribution is -2.01. The third kappa shape index (κ3) is 2.84. The molecule has 3 aromatic rings. The highest BCUT2D eigenvalue weighted by Crippen LogP contribution is 2.23. The van der Waals surface area contributed by atoms with E-state index in [1.807, 2.05) is 49.4 Å². The van der Waals surface area contributed by atoms with E-state index in [9.17, 15) is 4.79 Å². The smallest absolute Gasteiger partial charge is 0.340 e. The van der Waals surface area contributed by atoms with E-state index in [-0.39, 0.29) is 0 Å². The Balaban J connectivity index is 1.97. The van der Waals surface area contributed by atoms with Crippen molar-refractivity contribution in [1.29, 1.82) is 0 Å². The maximum Gasteiger partial charge on any atom is 0.340 e. The van der Waals surface area contributed by atoms with Crippen LogP contribution in [0, 0.1) is 0 Å². The number of benzene rings is 2. The summed E-state index contributed by atoms with van der Waals surface area (Å²) in [5, 5.41) is 4.80. The van der Waals surface area contributed by atoms with E-state index in [1.54, 1.807) is 12.1 Å². The Morgan fingerprint density at radius 1 is 1.05 bits per heavy atom. The van der Waals surface area contributed by atoms with Gasteiger partial charge < -0.3 is 9.25 Å². The number of nitrogens with zero attached hydrogens (tertiary/aromatic N) is 1. The number of para-hydroxylation sites is 1. The van der Waals surface area contributed by atoms with Gasteiger partial charge in [-0.25, -0.2) is 4.79 Å². The van der Waals surface area contributed by atoms with Crippen LogP contribution >= 0.6 is 0 Å². The largest absolute Gasteiger partial charge is 0.422 e. The summed E-state index contributed by atoms with van der Waals surface area (Å²) < 4.78 is 5.11. The third-order valence-corrected chi connectivity index (χ3v) is 3.08. The topological polar surface area (TPSA) is 51.8 Å². The number of hydrogen-bond donors (Lipinski definition) is 0. The maximum atomic E-state index is 11.5. The Morgan fingerprint density at radius 3 is 2.57 bits per heavy atom. The van der Waals surface area contributed by atoms with Gasteiger partial charge in [-0.15, -0.1) is 0 Å². The van der Waals surface area contributed by atoms with Gasteiger partial charge in [0.25, 0.3) is 0 Å². The molecular weight excluding hydrogens is 266 g/mol. The average molecular weight is 279 g/mol. The molecule has 4 nitrogen and oxygen atoms in total. The van der Waals surface area contributed by atoms with Crippen molar-refractivity contribution in [3.63, 3.8) is 0 Å². The molecule has 0 aliphatic heterocycles. The minimum absolute atomic E-state index is 0.386. The molecule has 4 heteroatoms. The Kier molecular flexibility index (Phi) is 3.51. The van der Waals surface area contributed by atoms with Gasteiger partial charge >= 0.3 is 5.63 Å². The molecule has 0 amide bonds. The van der Waals surface area contributed by atoms with Gasteiger partial charge in [-0.1, -0.05) is 47.6 Å². The first-order chi connectivity index (χ1) is 10.2. The molecule has 0 radical (unpaired) electrons. The fourth-order valence-electron chi connectivity index (χ4n) is 2.01. The van der Waals surface area contributed by atoms with E-state index in [4.69, 9.17) is 9.25 Å². The fraction of sp³-hybridized carbons (Fsp3) is 0.0588. The van der Waals surface area contributed by atoms with Crippen LogP contribution in [0.1, 0.15) is 12.5 Å². The van der Waals surface area contributed by atoms with E-state index in [0.717, 1.165) is 11.3 Å². The Bertz CT molecular complexity index is 851. The molecule has 21 heavy (non-hydrogen) atoms. The van der Waals surface area contributed by atoms with Crippen LogP contribution in [-0.2, 0) is 0 Å². The number of oxime groups is 1. The van der Waals surface area contributed by atoms with Crippen LogP contribution in [0.4, 0.5) is 0 Å². The lowest BCUT2D eigenvalue weighted by molar-refractivity contribution is 0.342. The second kappa shape index (κ2) is 5.63. The Labute approximate surface area is 121 Å². The van der Waals surface area contributed by atoms with Crippen LogP contribution in [-0.4, -0.2) is 5.71 Å². The summed E-state index contributed by atoms with van der Waals surface area (Å²) in [5.41, 5.74) is 1.71. The highest BCUT2D eigenvalue weighted by molar-refractivity contribution is 5.98. The van der Waals surface area contributed by atoms with Crippen LogP contribution < -0.4 is 10.5 Å². The molecule has 2 aromatic carbocycles. The lowest BCUT2D eigenvalue weighted by atomic mass is 10.1. The van der Waals surface area contributed by atoms with Crippen molar-refractivity contribution in [3.05, 3.63) is 76.6 Å². The molecule has 0 unspecified atom stereocenters. The molecule has 0 N–H and O–H groups in total. The zero-order valence-corrected chi connectivity index (χ0v) is 11.4. The first-order valence-corrected chi connectivity index (χ1v) is 6.54. The van der Waals surface area contributed by atoms with Gasteiger partial charge in [-0.05, 0) is 24.6 Å². The number of rotatable bonds is 3. The number of hydrogen-bond acceptors (Lipinski definition) is 4. The molecule has 0 fully saturated rings. The molecule has 104 valence electrons. The van der Waals surface area contributed by atoms with Crippen molar-refractivity contribution in [1.82, 2.24) is 0 Å². The molecule has 0 spiro atoms. The summed E-state index contributed by atoms with van der Waals surface area (Å²) in [6.07, 6.45) is 0. The van der Waals surface area contributed by atoms with Gasteiger partial charge in [0.15, 0.2) is 5.75 Å². The second-order valence-electron chi connectivity index (χ2n) is 4.56. The van der Waals surface area contributed by atoms with Crippen LogP contribution in [0.5, 0.6) is 5.75 Å². The van der Waals surface area contributed by atoms with E-state index in [1.165, 1.54) is 6.07 Å². The van der Waals surface area contributed by atoms with E-state index in [2.05, 4.69) is 5.16 Å². The predicted molar refractivity (Wildman–Crippen MR) is 81.8 cm³/mol. The van der Waals surface area contributed by atoms with Crippen molar-refractivity contribution in [2.75, 3.05) is 0 Å². The van der Waals surface area contributed by atoms with Gasteiger partial charge in [-0.2, -0.15) is 0 Å². The summed E-state index contributed by atoms with van der Waals surface area (Å²) >= 11 is 0. The SMILES string of the molecule is C/C(=N/Oc1cc(=O)oc2ccccc12)c1ccccc1. The van der Waals surface area contributed by atoms with E-state index < -0.39 is 5.63 Å². The standard InChI is InChI=1S/C17H13NO3/c1-12(13-7-3-2-4-8-13)18-21-16-11-17(19)20-15-10-6-5-9-14(15)16/h2-11H,1H3/b18-12-. The minimum Gasteiger partial charge on any atom is -0.422 e. The fourth-order valence-corrected chi connectivity index (χ4v) is 2.01. The summed E-state index contributed by atoms with van der Waals surface area (Å²) in [6, 6.07) is 18.2. The maximum absolute atomic E-state index is 11.5. The minimum atomic E-state index is -0.462. The lowest BCUT2D eigenvalue weighted by Gasteiger charge is -2.04. The van der Waals surface area contributed by atoms with Crippen LogP contribution in [0.2, 0.25) is 0 Å². The number of fused-ring (bicyclic) bond motifs is 1. The van der Waals surface area contributed by atoms with Gasteiger partial charge in [0.2, 0.25) is 0 Å². The van der Waals surface area contributed by atoms with Gasteiger partial charge in [0.05, 0.1) is 17.2 Å². The van der Waals surface area contributed by atoms with E-state index >= 15 is 0 Å². The molecule has 0 bridgehead atoms. The Morgan fingerprint density at radius 2 is 1.76 bits per heavy atom. The highest BCUT2D eigenvalue weighted by atomic mass is 16.6. The van der Waals surface area contributed by atoms with Crippen LogP contribution in [0.15, 0.2) is 75.0 Å². The van der Waals surface area contributed by atoms with Crippen LogP contribution in [0.3, 0.4) is 0 Å². The van der Waals surface area contributed by atoms with Crippen molar-refractivity contribution in [2.45, 2.75) is 6.92 Å². The summed E-state index contributed by atoms with van der Waals surface area (Å²) in [4.78, 5) is 17.0. The third-order valence-electron chi connectivity index (χ3n) is 3.08. The molecule has 0 aliphatic carbocycles. The highest BCUT2D eigenvalue weighted by Gasteiger charge is 2.06. The molecule has 0 aliphatic rings. The first kappa shape index (κ1) is 13.1. The normalized spacial score (nSPS) is 11.6. The second-order valence-corrected chi connectivity index (χ2v) is 4.56. The van der Waals surface area contributed by atoms with Gasteiger partial charge in [0, 0.05) is 0 Å². The van der Waals surface area contributed by atoms with Crippen molar-refractivity contribution in [2.24, 2.45) is 5.16 Å². The first-order valence-electron chi connectivity index (χ1n) is 6.54. The van der Waals surface area contributed by atoms with Crippen molar-refractivity contribution >= 4 is 16.7 Å². The molecule has 0 saturated carbocycles. The predicted octanol–water partition coefficient (Wildman–Crippen LogP) is 3.60. The monoisotopic (exact) mass is 279 g/mol. The van der Waals surface area contributed by atoms with Gasteiger partial charge in [0.1, 0.15) is 5.58 Å². The van der Waals surface area contributed by atoms with Crippen molar-refractivity contribution < 1.29 is 9.25 Å². The summed E-state index contributed by atoms with van der Waals surface area (Å²) in [5.74, 6) is 0.386. The zero-order valence-electron chi connectivity index (χ0n) is 11.4. The van der Waals surface area contributed by atoms with Crippen LogP contribution in [0.25, 0.3) is 11.0 Å². The quantitative estimate of drug-likeness (QED) is 0.418.